The predicted molar refractivity (Wildman–Crippen MR) is 76.0 cm³/mol. The zero-order valence-corrected chi connectivity index (χ0v) is 11.5. The van der Waals surface area contributed by atoms with Crippen molar-refractivity contribution < 1.29 is 4.79 Å². The molecule has 1 aromatic carbocycles. The smallest absolute Gasteiger partial charge is 0.243 e. The first-order valence-corrected chi connectivity index (χ1v) is 7.39. The third-order valence-electron chi connectivity index (χ3n) is 3.08. The summed E-state index contributed by atoms with van der Waals surface area (Å²) in [5.74, 6) is 2.07. The van der Waals surface area contributed by atoms with E-state index >= 15 is 0 Å². The van der Waals surface area contributed by atoms with Gasteiger partial charge in [0.05, 0.1) is 12.4 Å². The Labute approximate surface area is 120 Å². The van der Waals surface area contributed by atoms with E-state index in [1.807, 2.05) is 30.3 Å². The van der Waals surface area contributed by atoms with Crippen LogP contribution < -0.4 is 5.32 Å². The summed E-state index contributed by atoms with van der Waals surface area (Å²) in [6.45, 7) is 0.263. The molecule has 104 valence electrons. The van der Waals surface area contributed by atoms with Gasteiger partial charge in [-0.25, -0.2) is 0 Å². The monoisotopic (exact) mass is 290 g/mol. The second kappa shape index (κ2) is 5.91. The van der Waals surface area contributed by atoms with Gasteiger partial charge in [-0.05, 0) is 12.1 Å². The van der Waals surface area contributed by atoms with Gasteiger partial charge in [0, 0.05) is 11.4 Å². The first-order chi connectivity index (χ1) is 9.84. The molecule has 8 heteroatoms. The summed E-state index contributed by atoms with van der Waals surface area (Å²) in [5, 5.41) is 17.1. The Balaban J connectivity index is 1.62. The van der Waals surface area contributed by atoms with Gasteiger partial charge >= 0.3 is 0 Å². The maximum atomic E-state index is 12.3. The van der Waals surface area contributed by atoms with E-state index in [4.69, 9.17) is 0 Å². The number of hydrogen-bond donors (Lipinski definition) is 2. The van der Waals surface area contributed by atoms with E-state index in [-0.39, 0.29) is 18.5 Å². The lowest BCUT2D eigenvalue weighted by Gasteiger charge is -2.21. The summed E-state index contributed by atoms with van der Waals surface area (Å²) in [4.78, 5) is 14.1. The number of carbonyl (C=O) groups is 1. The average molecular weight is 290 g/mol. The van der Waals surface area contributed by atoms with Crippen LogP contribution in [0.5, 0.6) is 0 Å². The second-order valence-electron chi connectivity index (χ2n) is 4.37. The van der Waals surface area contributed by atoms with Gasteiger partial charge in [-0.1, -0.05) is 23.4 Å². The molecule has 0 radical (unpaired) electrons. The van der Waals surface area contributed by atoms with Gasteiger partial charge in [0.2, 0.25) is 5.91 Å². The molecular formula is C12H14N6OS. The van der Waals surface area contributed by atoms with Crippen LogP contribution in [0, 0.1) is 0 Å². The fourth-order valence-electron chi connectivity index (χ4n) is 2.05. The minimum absolute atomic E-state index is 0.0358. The lowest BCUT2D eigenvalue weighted by Crippen LogP contribution is -2.36. The first kappa shape index (κ1) is 12.9. The van der Waals surface area contributed by atoms with Crippen molar-refractivity contribution in [3.8, 4) is 0 Å². The molecule has 1 unspecified atom stereocenters. The van der Waals surface area contributed by atoms with Gasteiger partial charge in [0.25, 0.3) is 0 Å². The molecule has 1 aliphatic rings. The highest BCUT2D eigenvalue weighted by Gasteiger charge is 2.32. The molecule has 2 aromatic rings. The maximum absolute atomic E-state index is 12.3. The summed E-state index contributed by atoms with van der Waals surface area (Å²) < 4.78 is 0. The Morgan fingerprint density at radius 3 is 3.05 bits per heavy atom. The van der Waals surface area contributed by atoms with Gasteiger partial charge in [0.1, 0.15) is 6.04 Å². The molecule has 1 aliphatic heterocycles. The van der Waals surface area contributed by atoms with Crippen molar-refractivity contribution in [2.24, 2.45) is 0 Å². The highest BCUT2D eigenvalue weighted by Crippen LogP contribution is 2.30. The van der Waals surface area contributed by atoms with Crippen molar-refractivity contribution in [3.63, 3.8) is 0 Å². The summed E-state index contributed by atoms with van der Waals surface area (Å²) >= 11 is 1.69. The number of aromatic nitrogens is 4. The number of H-pyrrole nitrogens is 1. The van der Waals surface area contributed by atoms with Crippen molar-refractivity contribution in [2.45, 2.75) is 6.04 Å². The Kier molecular flexibility index (Phi) is 3.82. The zero-order valence-electron chi connectivity index (χ0n) is 10.7. The van der Waals surface area contributed by atoms with Crippen LogP contribution in [0.25, 0.3) is 0 Å². The lowest BCUT2D eigenvalue weighted by molar-refractivity contribution is -0.129. The SMILES string of the molecule is O=C(CNc1ccccc1)N1CSCC1c1nn[nH]n1. The molecule has 1 aromatic heterocycles. The zero-order chi connectivity index (χ0) is 13.8. The number of hydrogen-bond acceptors (Lipinski definition) is 6. The van der Waals surface area contributed by atoms with Crippen LogP contribution in [-0.2, 0) is 4.79 Å². The van der Waals surface area contributed by atoms with E-state index in [0.29, 0.717) is 11.7 Å². The summed E-state index contributed by atoms with van der Waals surface area (Å²) in [6, 6.07) is 9.58. The Bertz CT molecular complexity index is 561. The van der Waals surface area contributed by atoms with E-state index in [1.54, 1.807) is 16.7 Å². The van der Waals surface area contributed by atoms with Gasteiger partial charge in [-0.15, -0.1) is 22.0 Å². The number of rotatable bonds is 4. The molecule has 20 heavy (non-hydrogen) atoms. The van der Waals surface area contributed by atoms with Crippen LogP contribution in [0.3, 0.4) is 0 Å². The van der Waals surface area contributed by atoms with Crippen LogP contribution >= 0.6 is 11.8 Å². The normalized spacial score (nSPS) is 18.2. The number of carbonyl (C=O) groups excluding carboxylic acids is 1. The molecule has 1 atom stereocenters. The van der Waals surface area contributed by atoms with Gasteiger partial charge < -0.3 is 10.2 Å². The fourth-order valence-corrected chi connectivity index (χ4v) is 3.23. The van der Waals surface area contributed by atoms with Crippen molar-refractivity contribution in [1.82, 2.24) is 25.5 Å². The number of tetrazole rings is 1. The molecule has 7 nitrogen and oxygen atoms in total. The van der Waals surface area contributed by atoms with E-state index in [0.717, 1.165) is 11.4 Å². The number of para-hydroxylation sites is 1. The number of nitrogens with one attached hydrogen (secondary N) is 2. The second-order valence-corrected chi connectivity index (χ2v) is 5.37. The van der Waals surface area contributed by atoms with Crippen molar-refractivity contribution in [1.29, 1.82) is 0 Å². The maximum Gasteiger partial charge on any atom is 0.243 e. The number of anilines is 1. The van der Waals surface area contributed by atoms with Crippen LogP contribution in [0.15, 0.2) is 30.3 Å². The minimum Gasteiger partial charge on any atom is -0.376 e. The van der Waals surface area contributed by atoms with Crippen molar-refractivity contribution in [3.05, 3.63) is 36.2 Å². The number of aromatic amines is 1. The fraction of sp³-hybridized carbons (Fsp3) is 0.333. The highest BCUT2D eigenvalue weighted by atomic mass is 32.2. The average Bonchev–Trinajstić information content (AvgIpc) is 3.15. The Morgan fingerprint density at radius 1 is 1.45 bits per heavy atom. The largest absolute Gasteiger partial charge is 0.376 e. The Hall–Kier alpha value is -2.09. The highest BCUT2D eigenvalue weighted by molar-refractivity contribution is 7.99. The van der Waals surface area contributed by atoms with E-state index < -0.39 is 0 Å². The van der Waals surface area contributed by atoms with E-state index in [1.165, 1.54) is 0 Å². The van der Waals surface area contributed by atoms with Gasteiger partial charge in [-0.2, -0.15) is 5.21 Å². The Morgan fingerprint density at radius 2 is 2.30 bits per heavy atom. The van der Waals surface area contributed by atoms with Crippen molar-refractivity contribution >= 4 is 23.4 Å². The number of benzene rings is 1. The molecule has 1 fully saturated rings. The third kappa shape index (κ3) is 2.74. The minimum atomic E-state index is -0.0937. The number of thioether (sulfide) groups is 1. The standard InChI is InChI=1S/C12H14N6OS/c19-11(6-13-9-4-2-1-3-5-9)18-8-20-7-10(18)12-14-16-17-15-12/h1-5,10,13H,6-8H2,(H,14,15,16,17). The van der Waals surface area contributed by atoms with E-state index in [2.05, 4.69) is 25.9 Å². The van der Waals surface area contributed by atoms with Crippen molar-refractivity contribution in [2.75, 3.05) is 23.5 Å². The predicted octanol–water partition coefficient (Wildman–Crippen LogP) is 0.886. The van der Waals surface area contributed by atoms with Gasteiger partial charge in [0.15, 0.2) is 5.82 Å². The molecule has 0 aliphatic carbocycles. The van der Waals surface area contributed by atoms with E-state index in [9.17, 15) is 4.79 Å². The molecule has 0 spiro atoms. The third-order valence-corrected chi connectivity index (χ3v) is 4.09. The summed E-state index contributed by atoms with van der Waals surface area (Å²) in [5.41, 5.74) is 0.934. The molecule has 0 bridgehead atoms. The number of amides is 1. The summed E-state index contributed by atoms with van der Waals surface area (Å²) in [7, 11) is 0. The van der Waals surface area contributed by atoms with Crippen LogP contribution in [-0.4, -0.2) is 49.6 Å². The van der Waals surface area contributed by atoms with Crippen LogP contribution in [0.2, 0.25) is 0 Å². The molecule has 1 amide bonds. The lowest BCUT2D eigenvalue weighted by atomic mass is 10.2. The summed E-state index contributed by atoms with van der Waals surface area (Å²) in [6.07, 6.45) is 0. The van der Waals surface area contributed by atoms with Crippen LogP contribution in [0.1, 0.15) is 11.9 Å². The van der Waals surface area contributed by atoms with Gasteiger partial charge in [-0.3, -0.25) is 4.79 Å². The molecule has 2 heterocycles. The number of nitrogens with zero attached hydrogens (tertiary/aromatic N) is 4. The molecule has 1 saturated heterocycles. The van der Waals surface area contributed by atoms with Crippen LogP contribution in [0.4, 0.5) is 5.69 Å². The first-order valence-electron chi connectivity index (χ1n) is 6.24. The molecule has 2 N–H and O–H groups in total. The molecule has 3 rings (SSSR count). The quantitative estimate of drug-likeness (QED) is 0.869. The molecular weight excluding hydrogens is 276 g/mol. The topological polar surface area (TPSA) is 86.8 Å². The molecule has 0 saturated carbocycles.